The topological polar surface area (TPSA) is 59.8 Å². The Balaban J connectivity index is 1.57. The van der Waals surface area contributed by atoms with Crippen LogP contribution in [0.15, 0.2) is 60.5 Å². The molecule has 1 aromatic carbocycles. The lowest BCUT2D eigenvalue weighted by molar-refractivity contribution is 0.0499. The number of allylic oxidation sites excluding steroid dienone is 2. The van der Waals surface area contributed by atoms with E-state index >= 15 is 0 Å². The van der Waals surface area contributed by atoms with Crippen molar-refractivity contribution < 1.29 is 14.6 Å². The molecule has 0 aliphatic carbocycles. The Bertz CT molecular complexity index is 1180. The molecule has 1 fully saturated rings. The van der Waals surface area contributed by atoms with Crippen molar-refractivity contribution in [3.8, 4) is 5.75 Å². The fourth-order valence-electron chi connectivity index (χ4n) is 5.03. The first-order valence-electron chi connectivity index (χ1n) is 11.7. The average Bonchev–Trinajstić information content (AvgIpc) is 3.16. The van der Waals surface area contributed by atoms with Crippen LogP contribution in [0.4, 0.5) is 0 Å². The molecule has 0 saturated carbocycles. The van der Waals surface area contributed by atoms with Crippen LogP contribution in [-0.4, -0.2) is 45.6 Å². The lowest BCUT2D eigenvalue weighted by Gasteiger charge is -2.46. The van der Waals surface area contributed by atoms with Crippen molar-refractivity contribution in [1.29, 1.82) is 0 Å². The number of hydrogen-bond acceptors (Lipinski definition) is 5. The largest absolute Gasteiger partial charge is 0.508 e. The standard InChI is InChI=1S/C27H33N3O3/c1-17-13-22-26-20-7-6-8-23(33-16-19-9-11-32-12-10-19)25(20)28-30(26)15-24(27(3,4)5)29(22)14-21(17)18(2)31/h6-8,13-14,19,24,31H,1-2,9-12,15-16H2,3-5H3. The summed E-state index contributed by atoms with van der Waals surface area (Å²) < 4.78 is 13.9. The second-order valence-electron chi connectivity index (χ2n) is 10.4. The Kier molecular flexibility index (Phi) is 5.36. The van der Waals surface area contributed by atoms with E-state index in [9.17, 15) is 5.11 Å². The smallest absolute Gasteiger partial charge is 0.147 e. The molecule has 6 heteroatoms. The third-order valence-corrected chi connectivity index (χ3v) is 6.99. The van der Waals surface area contributed by atoms with Crippen LogP contribution in [0.5, 0.6) is 5.75 Å². The summed E-state index contributed by atoms with van der Waals surface area (Å²) in [7, 11) is 0. The molecule has 1 unspecified atom stereocenters. The summed E-state index contributed by atoms with van der Waals surface area (Å²) in [5, 5.41) is 16.2. The van der Waals surface area contributed by atoms with E-state index < -0.39 is 0 Å². The minimum atomic E-state index is -0.0195. The Labute approximate surface area is 195 Å². The van der Waals surface area contributed by atoms with E-state index in [0.29, 0.717) is 18.1 Å². The minimum Gasteiger partial charge on any atom is -0.508 e. The zero-order valence-electron chi connectivity index (χ0n) is 19.8. The first kappa shape index (κ1) is 21.8. The molecule has 1 atom stereocenters. The zero-order chi connectivity index (χ0) is 23.3. The lowest BCUT2D eigenvalue weighted by Crippen LogP contribution is -2.47. The van der Waals surface area contributed by atoms with Crippen molar-refractivity contribution in [2.45, 2.75) is 46.2 Å². The van der Waals surface area contributed by atoms with Crippen LogP contribution in [0.25, 0.3) is 16.6 Å². The van der Waals surface area contributed by atoms with Crippen molar-refractivity contribution in [2.75, 3.05) is 19.8 Å². The first-order valence-corrected chi connectivity index (χ1v) is 11.7. The second-order valence-corrected chi connectivity index (χ2v) is 10.4. The molecule has 0 bridgehead atoms. The molecule has 4 heterocycles. The number of aliphatic hydroxyl groups is 1. The molecule has 0 spiro atoms. The van der Waals surface area contributed by atoms with Gasteiger partial charge in [-0.25, -0.2) is 0 Å². The number of aliphatic hydroxyl groups excluding tert-OH is 1. The molecule has 3 aliphatic heterocycles. The van der Waals surface area contributed by atoms with Gasteiger partial charge in [-0.1, -0.05) is 46.1 Å². The molecule has 1 saturated heterocycles. The molecule has 3 aliphatic rings. The van der Waals surface area contributed by atoms with Crippen LogP contribution in [0, 0.1) is 11.3 Å². The van der Waals surface area contributed by atoms with Crippen LogP contribution < -0.4 is 4.74 Å². The van der Waals surface area contributed by atoms with E-state index in [1.807, 2.05) is 24.4 Å². The van der Waals surface area contributed by atoms with E-state index in [1.54, 1.807) is 0 Å². The summed E-state index contributed by atoms with van der Waals surface area (Å²) in [5.41, 5.74) is 4.39. The van der Waals surface area contributed by atoms with Gasteiger partial charge in [-0.2, -0.15) is 5.10 Å². The molecule has 33 heavy (non-hydrogen) atoms. The van der Waals surface area contributed by atoms with Crippen LogP contribution in [0.1, 0.15) is 39.3 Å². The highest BCUT2D eigenvalue weighted by atomic mass is 16.5. The van der Waals surface area contributed by atoms with Crippen molar-refractivity contribution in [2.24, 2.45) is 11.3 Å². The van der Waals surface area contributed by atoms with Gasteiger partial charge < -0.3 is 19.5 Å². The van der Waals surface area contributed by atoms with E-state index in [-0.39, 0.29) is 17.2 Å². The van der Waals surface area contributed by atoms with E-state index in [1.165, 1.54) is 0 Å². The van der Waals surface area contributed by atoms with Crippen molar-refractivity contribution in [3.63, 3.8) is 0 Å². The number of rotatable bonds is 4. The third-order valence-electron chi connectivity index (χ3n) is 6.99. The molecule has 0 radical (unpaired) electrons. The summed E-state index contributed by atoms with van der Waals surface area (Å²) in [4.78, 5) is 2.26. The van der Waals surface area contributed by atoms with Crippen LogP contribution >= 0.6 is 0 Å². The molecule has 1 aromatic heterocycles. The maximum absolute atomic E-state index is 10.1. The fourth-order valence-corrected chi connectivity index (χ4v) is 5.03. The van der Waals surface area contributed by atoms with Gasteiger partial charge in [0.1, 0.15) is 17.0 Å². The van der Waals surface area contributed by atoms with Gasteiger partial charge in [0.25, 0.3) is 0 Å². The fraction of sp³-hybridized carbons (Fsp3) is 0.444. The van der Waals surface area contributed by atoms with Crippen LogP contribution in [0.2, 0.25) is 0 Å². The highest BCUT2D eigenvalue weighted by molar-refractivity contribution is 5.95. The summed E-state index contributed by atoms with van der Waals surface area (Å²) in [6.45, 7) is 17.7. The molecule has 5 rings (SSSR count). The monoisotopic (exact) mass is 447 g/mol. The van der Waals surface area contributed by atoms with Gasteiger partial charge in [-0.15, -0.1) is 0 Å². The quantitative estimate of drug-likeness (QED) is 0.633. The number of fused-ring (bicyclic) bond motifs is 5. The highest BCUT2D eigenvalue weighted by Gasteiger charge is 2.40. The van der Waals surface area contributed by atoms with Crippen LogP contribution in [-0.2, 0) is 11.3 Å². The maximum atomic E-state index is 10.1. The molecule has 174 valence electrons. The van der Waals surface area contributed by atoms with E-state index in [4.69, 9.17) is 14.6 Å². The first-order chi connectivity index (χ1) is 15.7. The number of ether oxygens (including phenoxy) is 2. The van der Waals surface area contributed by atoms with Crippen LogP contribution in [0.3, 0.4) is 0 Å². The summed E-state index contributed by atoms with van der Waals surface area (Å²) >= 11 is 0. The number of benzene rings is 1. The van der Waals surface area contributed by atoms with Gasteiger partial charge in [-0.3, -0.25) is 4.68 Å². The Morgan fingerprint density at radius 3 is 2.73 bits per heavy atom. The van der Waals surface area contributed by atoms with Gasteiger partial charge in [0.05, 0.1) is 30.6 Å². The molecule has 6 nitrogen and oxygen atoms in total. The number of nitrogens with zero attached hydrogens (tertiary/aromatic N) is 3. The number of aromatic nitrogens is 2. The molecule has 2 aromatic rings. The van der Waals surface area contributed by atoms with Gasteiger partial charge in [0, 0.05) is 30.4 Å². The molecule has 0 amide bonds. The Morgan fingerprint density at radius 2 is 2.03 bits per heavy atom. The summed E-state index contributed by atoms with van der Waals surface area (Å²) in [6, 6.07) is 6.32. The minimum absolute atomic E-state index is 0.0195. The summed E-state index contributed by atoms with van der Waals surface area (Å²) in [6.07, 6.45) is 6.11. The molecular formula is C27H33N3O3. The highest BCUT2D eigenvalue weighted by Crippen LogP contribution is 2.44. The molecule has 1 N–H and O–H groups in total. The van der Waals surface area contributed by atoms with Crippen molar-refractivity contribution in [1.82, 2.24) is 14.7 Å². The predicted molar refractivity (Wildman–Crippen MR) is 131 cm³/mol. The Hall–Kier alpha value is -2.99. The van der Waals surface area contributed by atoms with Gasteiger partial charge in [0.2, 0.25) is 0 Å². The van der Waals surface area contributed by atoms with Crippen molar-refractivity contribution in [3.05, 3.63) is 66.2 Å². The van der Waals surface area contributed by atoms with Gasteiger partial charge >= 0.3 is 0 Å². The molecular weight excluding hydrogens is 414 g/mol. The van der Waals surface area contributed by atoms with Crippen molar-refractivity contribution >= 4 is 16.6 Å². The zero-order valence-corrected chi connectivity index (χ0v) is 19.8. The predicted octanol–water partition coefficient (Wildman–Crippen LogP) is 5.44. The summed E-state index contributed by atoms with van der Waals surface area (Å²) in [5.74, 6) is 1.39. The van der Waals surface area contributed by atoms with E-state index in [2.05, 4.69) is 49.6 Å². The Morgan fingerprint density at radius 1 is 1.27 bits per heavy atom. The van der Waals surface area contributed by atoms with Gasteiger partial charge in [-0.05, 0) is 41.9 Å². The SMILES string of the molecule is C=C(O)C1=CN2C(=CC1=C)c1c3cccc(OCC4CCOCC4)c3nn1CC2C(C)(C)C. The third kappa shape index (κ3) is 3.86. The van der Waals surface area contributed by atoms with E-state index in [0.717, 1.165) is 66.2 Å². The average molecular weight is 448 g/mol. The number of hydrogen-bond donors (Lipinski definition) is 1. The maximum Gasteiger partial charge on any atom is 0.147 e. The van der Waals surface area contributed by atoms with Gasteiger partial charge in [0.15, 0.2) is 0 Å². The normalized spacial score (nSPS) is 21.4. The lowest BCUT2D eigenvalue weighted by atomic mass is 9.82. The second kappa shape index (κ2) is 8.10.